The van der Waals surface area contributed by atoms with Crippen LogP contribution in [0.15, 0.2) is 66.1 Å². The van der Waals surface area contributed by atoms with Crippen LogP contribution in [0.5, 0.6) is 0 Å². The van der Waals surface area contributed by atoms with Crippen molar-refractivity contribution >= 4 is 27.5 Å². The SMILES string of the molecule is Cn1cc(-c2ccncc2C=CC(=O)Nc2cccc(S(C)(=O)=O)c2)cn1. The first-order valence-corrected chi connectivity index (χ1v) is 9.94. The number of nitrogens with zero attached hydrogens (tertiary/aromatic N) is 3. The molecule has 0 aliphatic heterocycles. The van der Waals surface area contributed by atoms with Crippen molar-refractivity contribution in [1.29, 1.82) is 0 Å². The van der Waals surface area contributed by atoms with Gasteiger partial charge in [0.25, 0.3) is 0 Å². The van der Waals surface area contributed by atoms with Crippen molar-refractivity contribution in [3.8, 4) is 11.1 Å². The van der Waals surface area contributed by atoms with Gasteiger partial charge in [-0.25, -0.2) is 8.42 Å². The molecule has 0 saturated carbocycles. The van der Waals surface area contributed by atoms with Crippen LogP contribution in [-0.4, -0.2) is 35.3 Å². The number of hydrogen-bond donors (Lipinski definition) is 1. The fraction of sp³-hybridized carbons (Fsp3) is 0.105. The Labute approximate surface area is 157 Å². The first-order chi connectivity index (χ1) is 12.8. The normalized spacial score (nSPS) is 11.6. The molecular weight excluding hydrogens is 364 g/mol. The zero-order chi connectivity index (χ0) is 19.4. The van der Waals surface area contributed by atoms with Gasteiger partial charge < -0.3 is 5.32 Å². The van der Waals surface area contributed by atoms with E-state index in [0.29, 0.717) is 5.69 Å². The molecule has 1 aromatic carbocycles. The Bertz CT molecular complexity index is 1120. The topological polar surface area (TPSA) is 94.0 Å². The number of aryl methyl sites for hydroxylation is 1. The Kier molecular flexibility index (Phi) is 5.18. The summed E-state index contributed by atoms with van der Waals surface area (Å²) in [6.07, 6.45) is 11.1. The van der Waals surface area contributed by atoms with Crippen molar-refractivity contribution in [1.82, 2.24) is 14.8 Å². The smallest absolute Gasteiger partial charge is 0.248 e. The Morgan fingerprint density at radius 1 is 1.22 bits per heavy atom. The summed E-state index contributed by atoms with van der Waals surface area (Å²) in [5.41, 5.74) is 3.00. The van der Waals surface area contributed by atoms with E-state index >= 15 is 0 Å². The summed E-state index contributed by atoms with van der Waals surface area (Å²) >= 11 is 0. The van der Waals surface area contributed by atoms with Crippen LogP contribution in [0.2, 0.25) is 0 Å². The van der Waals surface area contributed by atoms with E-state index in [1.807, 2.05) is 19.3 Å². The number of pyridine rings is 1. The molecule has 0 spiro atoms. The van der Waals surface area contributed by atoms with Gasteiger partial charge in [-0.1, -0.05) is 6.07 Å². The lowest BCUT2D eigenvalue weighted by Gasteiger charge is -2.05. The van der Waals surface area contributed by atoms with Crippen LogP contribution in [0.3, 0.4) is 0 Å². The maximum atomic E-state index is 12.2. The molecule has 0 unspecified atom stereocenters. The van der Waals surface area contributed by atoms with Gasteiger partial charge in [-0.05, 0) is 35.9 Å². The number of amides is 1. The van der Waals surface area contributed by atoms with E-state index in [1.165, 1.54) is 18.2 Å². The second kappa shape index (κ2) is 7.55. The Morgan fingerprint density at radius 2 is 2.04 bits per heavy atom. The van der Waals surface area contributed by atoms with E-state index in [-0.39, 0.29) is 10.8 Å². The molecule has 0 aliphatic carbocycles. The number of aromatic nitrogens is 3. The van der Waals surface area contributed by atoms with E-state index in [0.717, 1.165) is 22.9 Å². The largest absolute Gasteiger partial charge is 0.322 e. The third-order valence-corrected chi connectivity index (χ3v) is 4.92. The highest BCUT2D eigenvalue weighted by Crippen LogP contribution is 2.23. The zero-order valence-corrected chi connectivity index (χ0v) is 15.6. The fourth-order valence-electron chi connectivity index (χ4n) is 2.52. The van der Waals surface area contributed by atoms with Gasteiger partial charge in [-0.3, -0.25) is 14.5 Å². The predicted molar refractivity (Wildman–Crippen MR) is 104 cm³/mol. The molecule has 138 valence electrons. The van der Waals surface area contributed by atoms with E-state index in [9.17, 15) is 13.2 Å². The average Bonchev–Trinajstić information content (AvgIpc) is 3.06. The summed E-state index contributed by atoms with van der Waals surface area (Å²) in [6, 6.07) is 7.97. The monoisotopic (exact) mass is 382 g/mol. The number of benzene rings is 1. The Morgan fingerprint density at radius 3 is 2.74 bits per heavy atom. The molecule has 3 rings (SSSR count). The molecule has 0 aliphatic rings. The summed E-state index contributed by atoms with van der Waals surface area (Å²) in [6.45, 7) is 0. The minimum Gasteiger partial charge on any atom is -0.322 e. The molecule has 0 saturated heterocycles. The molecule has 2 aromatic heterocycles. The van der Waals surface area contributed by atoms with E-state index in [4.69, 9.17) is 0 Å². The second-order valence-corrected chi connectivity index (χ2v) is 8.00. The number of rotatable bonds is 5. The first kappa shape index (κ1) is 18.5. The lowest BCUT2D eigenvalue weighted by Crippen LogP contribution is -2.08. The zero-order valence-electron chi connectivity index (χ0n) is 14.8. The van der Waals surface area contributed by atoms with Crippen LogP contribution < -0.4 is 5.32 Å². The van der Waals surface area contributed by atoms with Gasteiger partial charge in [0.05, 0.1) is 11.1 Å². The number of carbonyl (C=O) groups is 1. The fourth-order valence-corrected chi connectivity index (χ4v) is 3.18. The highest BCUT2D eigenvalue weighted by atomic mass is 32.2. The van der Waals surface area contributed by atoms with Crippen molar-refractivity contribution in [2.45, 2.75) is 4.90 Å². The van der Waals surface area contributed by atoms with E-state index in [2.05, 4.69) is 15.4 Å². The van der Waals surface area contributed by atoms with Gasteiger partial charge in [0, 0.05) is 54.8 Å². The summed E-state index contributed by atoms with van der Waals surface area (Å²) in [4.78, 5) is 16.5. The summed E-state index contributed by atoms with van der Waals surface area (Å²) in [7, 11) is -1.50. The molecule has 0 fully saturated rings. The number of hydrogen-bond acceptors (Lipinski definition) is 5. The molecule has 0 radical (unpaired) electrons. The number of carbonyl (C=O) groups excluding carboxylic acids is 1. The van der Waals surface area contributed by atoms with Crippen molar-refractivity contribution in [3.05, 3.63) is 66.8 Å². The Hall–Kier alpha value is -3.26. The van der Waals surface area contributed by atoms with Crippen LogP contribution in [0.4, 0.5) is 5.69 Å². The molecule has 27 heavy (non-hydrogen) atoms. The van der Waals surface area contributed by atoms with Crippen molar-refractivity contribution in [3.63, 3.8) is 0 Å². The van der Waals surface area contributed by atoms with Crippen LogP contribution in [0, 0.1) is 0 Å². The van der Waals surface area contributed by atoms with Crippen molar-refractivity contribution < 1.29 is 13.2 Å². The molecule has 3 aromatic rings. The highest BCUT2D eigenvalue weighted by molar-refractivity contribution is 7.90. The molecular formula is C19H18N4O3S. The van der Waals surface area contributed by atoms with Crippen LogP contribution in [0.1, 0.15) is 5.56 Å². The van der Waals surface area contributed by atoms with Crippen molar-refractivity contribution in [2.75, 3.05) is 11.6 Å². The van der Waals surface area contributed by atoms with E-state index in [1.54, 1.807) is 41.5 Å². The molecule has 8 heteroatoms. The second-order valence-electron chi connectivity index (χ2n) is 5.99. The molecule has 0 atom stereocenters. The van der Waals surface area contributed by atoms with E-state index < -0.39 is 9.84 Å². The standard InChI is InChI=1S/C19H18N4O3S/c1-23-13-15(12-21-23)18-8-9-20-11-14(18)6-7-19(24)22-16-4-3-5-17(10-16)27(2,25)26/h3-13H,1-2H3,(H,22,24). The molecule has 1 amide bonds. The number of sulfone groups is 1. The molecule has 0 bridgehead atoms. The lowest BCUT2D eigenvalue weighted by atomic mass is 10.0. The van der Waals surface area contributed by atoms with Gasteiger partial charge in [-0.15, -0.1) is 0 Å². The highest BCUT2D eigenvalue weighted by Gasteiger charge is 2.09. The van der Waals surface area contributed by atoms with Gasteiger partial charge >= 0.3 is 0 Å². The minimum absolute atomic E-state index is 0.149. The summed E-state index contributed by atoms with van der Waals surface area (Å²) < 4.78 is 24.9. The molecule has 1 N–H and O–H groups in total. The first-order valence-electron chi connectivity index (χ1n) is 8.05. The van der Waals surface area contributed by atoms with Crippen molar-refractivity contribution in [2.24, 2.45) is 7.05 Å². The van der Waals surface area contributed by atoms with Gasteiger partial charge in [0.1, 0.15) is 0 Å². The maximum absolute atomic E-state index is 12.2. The summed E-state index contributed by atoms with van der Waals surface area (Å²) in [5.74, 6) is -0.373. The number of anilines is 1. The molecule has 7 nitrogen and oxygen atoms in total. The average molecular weight is 382 g/mol. The van der Waals surface area contributed by atoms with Crippen LogP contribution in [-0.2, 0) is 21.7 Å². The number of nitrogens with one attached hydrogen (secondary N) is 1. The predicted octanol–water partition coefficient (Wildman–Crippen LogP) is 2.54. The van der Waals surface area contributed by atoms with Gasteiger partial charge in [0.2, 0.25) is 5.91 Å². The third kappa shape index (κ3) is 4.68. The van der Waals surface area contributed by atoms with Gasteiger partial charge in [-0.2, -0.15) is 5.10 Å². The quantitative estimate of drug-likeness (QED) is 0.685. The minimum atomic E-state index is -3.34. The Balaban J connectivity index is 1.79. The molecule has 2 heterocycles. The maximum Gasteiger partial charge on any atom is 0.248 e. The third-order valence-electron chi connectivity index (χ3n) is 3.81. The lowest BCUT2D eigenvalue weighted by molar-refractivity contribution is -0.111. The summed E-state index contributed by atoms with van der Waals surface area (Å²) in [5, 5.41) is 6.82. The van der Waals surface area contributed by atoms with Gasteiger partial charge in [0.15, 0.2) is 9.84 Å². The van der Waals surface area contributed by atoms with Crippen LogP contribution >= 0.6 is 0 Å². The van der Waals surface area contributed by atoms with Crippen LogP contribution in [0.25, 0.3) is 17.2 Å².